The molecule has 0 saturated carbocycles. The fraction of sp³-hybridized carbons (Fsp3) is 0.125. The van der Waals surface area contributed by atoms with E-state index in [-0.39, 0.29) is 16.1 Å². The van der Waals surface area contributed by atoms with Gasteiger partial charge in [0.1, 0.15) is 6.61 Å². The number of hydrogen-bond acceptors (Lipinski definition) is 7. The lowest BCUT2D eigenvalue weighted by atomic mass is 10.1. The number of thiocarbonyl (C=S) groups is 1. The number of rotatable bonds is 8. The SMILES string of the molecule is CCOc1cc(/C=C2/SC(=S)N(NC(=O)c3cccs3)C2=O)cc(I)c1OCc1ccccc1. The molecule has 6 nitrogen and oxygen atoms in total. The largest absolute Gasteiger partial charge is 0.490 e. The van der Waals surface area contributed by atoms with Gasteiger partial charge in [-0.1, -0.05) is 48.2 Å². The van der Waals surface area contributed by atoms with E-state index >= 15 is 0 Å². The minimum absolute atomic E-state index is 0.267. The third-order valence-corrected chi connectivity index (χ3v) is 7.58. The Morgan fingerprint density at radius 1 is 1.18 bits per heavy atom. The molecular weight excluding hydrogens is 603 g/mol. The van der Waals surface area contributed by atoms with Crippen LogP contribution >= 0.6 is 57.9 Å². The monoisotopic (exact) mass is 622 g/mol. The first-order valence-electron chi connectivity index (χ1n) is 10.2. The molecule has 0 spiro atoms. The molecule has 10 heteroatoms. The number of carbonyl (C=O) groups is 2. The van der Waals surface area contributed by atoms with Crippen LogP contribution in [-0.4, -0.2) is 27.8 Å². The zero-order valence-electron chi connectivity index (χ0n) is 17.9. The molecule has 1 aromatic heterocycles. The summed E-state index contributed by atoms with van der Waals surface area (Å²) in [6.07, 6.45) is 1.74. The molecule has 174 valence electrons. The van der Waals surface area contributed by atoms with Gasteiger partial charge in [0.15, 0.2) is 15.8 Å². The summed E-state index contributed by atoms with van der Waals surface area (Å²) in [6, 6.07) is 17.1. The molecule has 34 heavy (non-hydrogen) atoms. The Labute approximate surface area is 224 Å². The second kappa shape index (κ2) is 11.3. The van der Waals surface area contributed by atoms with Crippen molar-refractivity contribution in [3.05, 3.63) is 84.5 Å². The van der Waals surface area contributed by atoms with Crippen LogP contribution in [0, 0.1) is 3.57 Å². The summed E-state index contributed by atoms with van der Waals surface area (Å²) in [5, 5.41) is 2.91. The Morgan fingerprint density at radius 3 is 2.68 bits per heavy atom. The number of thioether (sulfide) groups is 1. The highest BCUT2D eigenvalue weighted by atomic mass is 127. The van der Waals surface area contributed by atoms with E-state index in [1.165, 1.54) is 11.3 Å². The number of halogens is 1. The van der Waals surface area contributed by atoms with Crippen LogP contribution in [0.5, 0.6) is 11.5 Å². The van der Waals surface area contributed by atoms with E-state index in [2.05, 4.69) is 28.0 Å². The van der Waals surface area contributed by atoms with Gasteiger partial charge in [-0.25, -0.2) is 0 Å². The molecule has 2 aromatic carbocycles. The number of hydrogen-bond donors (Lipinski definition) is 1. The Kier molecular flexibility index (Phi) is 8.24. The number of amides is 2. The number of nitrogens with one attached hydrogen (secondary N) is 1. The summed E-state index contributed by atoms with van der Waals surface area (Å²) in [5.74, 6) is 0.496. The quantitative estimate of drug-likeness (QED) is 0.193. The average Bonchev–Trinajstić information content (AvgIpc) is 3.45. The van der Waals surface area contributed by atoms with Crippen molar-refractivity contribution in [2.24, 2.45) is 0 Å². The number of ether oxygens (including phenoxy) is 2. The van der Waals surface area contributed by atoms with Gasteiger partial charge in [0, 0.05) is 0 Å². The maximum absolute atomic E-state index is 12.9. The van der Waals surface area contributed by atoms with Gasteiger partial charge in [-0.2, -0.15) is 5.01 Å². The van der Waals surface area contributed by atoms with E-state index in [0.717, 1.165) is 31.5 Å². The first-order chi connectivity index (χ1) is 16.5. The molecule has 1 aliphatic rings. The highest BCUT2D eigenvalue weighted by molar-refractivity contribution is 14.1. The summed E-state index contributed by atoms with van der Waals surface area (Å²) >= 11 is 9.95. The second-order valence-corrected chi connectivity index (χ2v) is 10.8. The van der Waals surface area contributed by atoms with Crippen LogP contribution in [0.15, 0.2) is 64.9 Å². The molecule has 1 N–H and O–H groups in total. The zero-order valence-corrected chi connectivity index (χ0v) is 22.6. The predicted octanol–water partition coefficient (Wildman–Crippen LogP) is 5.88. The summed E-state index contributed by atoms with van der Waals surface area (Å²) in [5.41, 5.74) is 4.41. The Bertz CT molecular complexity index is 1250. The van der Waals surface area contributed by atoms with Gasteiger partial charge in [-0.05, 0) is 82.5 Å². The maximum Gasteiger partial charge on any atom is 0.285 e. The molecule has 2 heterocycles. The van der Waals surface area contributed by atoms with E-state index in [1.54, 1.807) is 23.6 Å². The molecule has 0 aliphatic carbocycles. The van der Waals surface area contributed by atoms with Crippen molar-refractivity contribution in [3.8, 4) is 11.5 Å². The minimum Gasteiger partial charge on any atom is -0.490 e. The van der Waals surface area contributed by atoms with Gasteiger partial charge in [0.25, 0.3) is 11.8 Å². The molecular formula is C24H19IN2O4S3. The number of hydrazine groups is 1. The van der Waals surface area contributed by atoms with Crippen molar-refractivity contribution in [1.29, 1.82) is 0 Å². The molecule has 0 atom stereocenters. The number of benzene rings is 2. The molecule has 4 rings (SSSR count). The van der Waals surface area contributed by atoms with Crippen molar-refractivity contribution in [3.63, 3.8) is 0 Å². The van der Waals surface area contributed by atoms with E-state index < -0.39 is 0 Å². The van der Waals surface area contributed by atoms with Gasteiger partial charge in [-0.15, -0.1) is 11.3 Å². The minimum atomic E-state index is -0.378. The lowest BCUT2D eigenvalue weighted by Crippen LogP contribution is -2.44. The molecule has 1 fully saturated rings. The summed E-state index contributed by atoms with van der Waals surface area (Å²) in [4.78, 5) is 26.2. The van der Waals surface area contributed by atoms with Crippen molar-refractivity contribution in [2.45, 2.75) is 13.5 Å². The van der Waals surface area contributed by atoms with Gasteiger partial charge in [-0.3, -0.25) is 15.0 Å². The predicted molar refractivity (Wildman–Crippen MR) is 148 cm³/mol. The van der Waals surface area contributed by atoms with E-state index in [9.17, 15) is 9.59 Å². The molecule has 3 aromatic rings. The fourth-order valence-electron chi connectivity index (χ4n) is 3.08. The molecule has 2 amide bonds. The van der Waals surface area contributed by atoms with Crippen LogP contribution in [-0.2, 0) is 11.4 Å². The van der Waals surface area contributed by atoms with Gasteiger partial charge >= 0.3 is 0 Å². The van der Waals surface area contributed by atoms with E-state index in [4.69, 9.17) is 21.7 Å². The van der Waals surface area contributed by atoms with Gasteiger partial charge in [0.2, 0.25) is 0 Å². The normalized spacial score (nSPS) is 14.5. The average molecular weight is 623 g/mol. The Morgan fingerprint density at radius 2 is 1.97 bits per heavy atom. The standard InChI is InChI=1S/C24H19IN2O4S3/c1-2-30-18-12-16(11-17(25)21(18)31-14-15-7-4-3-5-8-15)13-20-23(29)27(24(32)34-20)26-22(28)19-9-6-10-33-19/h3-13H,2,14H2,1H3,(H,26,28)/b20-13+. The molecule has 1 saturated heterocycles. The topological polar surface area (TPSA) is 67.9 Å². The van der Waals surface area contributed by atoms with Crippen LogP contribution in [0.1, 0.15) is 27.7 Å². The molecule has 0 unspecified atom stereocenters. The zero-order chi connectivity index (χ0) is 24.1. The highest BCUT2D eigenvalue weighted by Gasteiger charge is 2.34. The van der Waals surface area contributed by atoms with Gasteiger partial charge in [0.05, 0.1) is 20.0 Å². The van der Waals surface area contributed by atoms with E-state index in [1.807, 2.05) is 49.4 Å². The second-order valence-electron chi connectivity index (χ2n) is 6.97. The first kappa shape index (κ1) is 24.7. The lowest BCUT2D eigenvalue weighted by molar-refractivity contribution is -0.123. The first-order valence-corrected chi connectivity index (χ1v) is 13.4. The van der Waals surface area contributed by atoms with Crippen molar-refractivity contribution in [2.75, 3.05) is 6.61 Å². The van der Waals surface area contributed by atoms with Crippen LogP contribution in [0.3, 0.4) is 0 Å². The maximum atomic E-state index is 12.9. The van der Waals surface area contributed by atoms with Crippen molar-refractivity contribution < 1.29 is 19.1 Å². The molecule has 0 bridgehead atoms. The highest BCUT2D eigenvalue weighted by Crippen LogP contribution is 2.37. The van der Waals surface area contributed by atoms with Crippen molar-refractivity contribution in [1.82, 2.24) is 10.4 Å². The van der Waals surface area contributed by atoms with Crippen LogP contribution < -0.4 is 14.9 Å². The van der Waals surface area contributed by atoms with Gasteiger partial charge < -0.3 is 9.47 Å². The van der Waals surface area contributed by atoms with Crippen LogP contribution in [0.4, 0.5) is 0 Å². The number of nitrogens with zero attached hydrogens (tertiary/aromatic N) is 1. The smallest absolute Gasteiger partial charge is 0.285 e. The van der Waals surface area contributed by atoms with Crippen molar-refractivity contribution >= 4 is 80.1 Å². The summed E-state index contributed by atoms with van der Waals surface area (Å²) in [6.45, 7) is 2.79. The molecule has 1 aliphatic heterocycles. The van der Waals surface area contributed by atoms with E-state index in [0.29, 0.717) is 34.5 Å². The Hall–Kier alpha value is -2.41. The Balaban J connectivity index is 1.54. The molecule has 0 radical (unpaired) electrons. The number of thiophene rings is 1. The lowest BCUT2D eigenvalue weighted by Gasteiger charge is -2.15. The third kappa shape index (κ3) is 5.80. The van der Waals surface area contributed by atoms with Crippen LogP contribution in [0.2, 0.25) is 0 Å². The number of carbonyl (C=O) groups excluding carboxylic acids is 2. The summed E-state index contributed by atoms with van der Waals surface area (Å²) < 4.78 is 13.0. The fourth-order valence-corrected chi connectivity index (χ4v) is 5.66. The van der Waals surface area contributed by atoms with Crippen LogP contribution in [0.25, 0.3) is 6.08 Å². The third-order valence-electron chi connectivity index (χ3n) is 4.61. The summed E-state index contributed by atoms with van der Waals surface area (Å²) in [7, 11) is 0.